The lowest BCUT2D eigenvalue weighted by Crippen LogP contribution is -2.61. The molecule has 0 radical (unpaired) electrons. The Morgan fingerprint density at radius 3 is 2.41 bits per heavy atom. The van der Waals surface area contributed by atoms with Gasteiger partial charge in [0.05, 0.1) is 0 Å². The second kappa shape index (κ2) is 4.16. The lowest BCUT2D eigenvalue weighted by Gasteiger charge is -2.55. The molecule has 0 bridgehead atoms. The first-order valence-electron chi connectivity index (χ1n) is 6.45. The molecule has 2 rings (SSSR count). The number of hydrogen-bond acceptors (Lipinski definition) is 3. The van der Waals surface area contributed by atoms with Crippen LogP contribution in [0.4, 0.5) is 4.79 Å². The third kappa shape index (κ3) is 2.92. The Morgan fingerprint density at radius 1 is 1.41 bits per heavy atom. The summed E-state index contributed by atoms with van der Waals surface area (Å²) in [4.78, 5) is 13.5. The molecule has 4 nitrogen and oxygen atoms in total. The minimum absolute atomic E-state index is 0.204. The molecule has 0 aromatic carbocycles. The molecule has 1 heterocycles. The Hall–Kier alpha value is -0.770. The number of carbonyl (C=O) groups is 1. The molecule has 1 N–H and O–H groups in total. The highest BCUT2D eigenvalue weighted by Gasteiger charge is 2.48. The largest absolute Gasteiger partial charge is 0.444 e. The lowest BCUT2D eigenvalue weighted by molar-refractivity contribution is -0.0206. The zero-order chi connectivity index (χ0) is 12.7. The zero-order valence-electron chi connectivity index (χ0n) is 11.4. The van der Waals surface area contributed by atoms with Crippen LogP contribution in [0.5, 0.6) is 0 Å². The van der Waals surface area contributed by atoms with Gasteiger partial charge in [-0.3, -0.25) is 0 Å². The molecule has 0 unspecified atom stereocenters. The first-order chi connectivity index (χ1) is 7.80. The molecule has 0 aromatic heterocycles. The van der Waals surface area contributed by atoms with E-state index in [9.17, 15) is 4.79 Å². The van der Waals surface area contributed by atoms with Crippen LogP contribution in [0.3, 0.4) is 0 Å². The van der Waals surface area contributed by atoms with Crippen molar-refractivity contribution < 1.29 is 9.53 Å². The first kappa shape index (κ1) is 12.7. The average Bonchev–Trinajstić information content (AvgIpc) is 2.03. The summed E-state index contributed by atoms with van der Waals surface area (Å²) < 4.78 is 5.34. The summed E-state index contributed by atoms with van der Waals surface area (Å²) in [7, 11) is 1.83. The fraction of sp³-hybridized carbons (Fsp3) is 0.923. The van der Waals surface area contributed by atoms with E-state index in [1.165, 1.54) is 25.9 Å². The fourth-order valence-corrected chi connectivity index (χ4v) is 2.86. The molecular formula is C13H24N2O2. The van der Waals surface area contributed by atoms with Crippen LogP contribution in [0, 0.1) is 11.3 Å². The highest BCUT2D eigenvalue weighted by molar-refractivity contribution is 5.67. The standard InChI is InChI=1S/C13H24N2O2/c1-12(2,3)17-11(16)15(4)7-10-5-13(6-10)8-14-9-13/h10,14H,5-9H2,1-4H3. The summed E-state index contributed by atoms with van der Waals surface area (Å²) in [5, 5.41) is 3.33. The molecule has 4 heteroatoms. The molecule has 0 atom stereocenters. The number of nitrogens with zero attached hydrogens (tertiary/aromatic N) is 1. The predicted molar refractivity (Wildman–Crippen MR) is 66.9 cm³/mol. The van der Waals surface area contributed by atoms with E-state index in [1.54, 1.807) is 4.90 Å². The van der Waals surface area contributed by atoms with Gasteiger partial charge >= 0.3 is 6.09 Å². The highest BCUT2D eigenvalue weighted by atomic mass is 16.6. The van der Waals surface area contributed by atoms with E-state index >= 15 is 0 Å². The van der Waals surface area contributed by atoms with Crippen LogP contribution in [0.1, 0.15) is 33.6 Å². The SMILES string of the molecule is CN(CC1CC2(CNC2)C1)C(=O)OC(C)(C)C. The molecule has 1 saturated heterocycles. The van der Waals surface area contributed by atoms with E-state index in [-0.39, 0.29) is 6.09 Å². The van der Waals surface area contributed by atoms with Gasteiger partial charge in [0.2, 0.25) is 0 Å². The summed E-state index contributed by atoms with van der Waals surface area (Å²) in [5.41, 5.74) is 0.184. The topological polar surface area (TPSA) is 41.6 Å². The van der Waals surface area contributed by atoms with Gasteiger partial charge in [0.1, 0.15) is 5.60 Å². The molecule has 1 aliphatic heterocycles. The van der Waals surface area contributed by atoms with Crippen LogP contribution in [0.15, 0.2) is 0 Å². The maximum Gasteiger partial charge on any atom is 0.410 e. The van der Waals surface area contributed by atoms with Crippen molar-refractivity contribution in [3.8, 4) is 0 Å². The number of nitrogens with one attached hydrogen (secondary N) is 1. The minimum Gasteiger partial charge on any atom is -0.444 e. The van der Waals surface area contributed by atoms with Crippen molar-refractivity contribution >= 4 is 6.09 Å². The second-order valence-corrected chi connectivity index (χ2v) is 6.74. The van der Waals surface area contributed by atoms with Crippen molar-refractivity contribution in [2.45, 2.75) is 39.2 Å². The van der Waals surface area contributed by atoms with Crippen LogP contribution >= 0.6 is 0 Å². The first-order valence-corrected chi connectivity index (χ1v) is 6.45. The smallest absolute Gasteiger partial charge is 0.410 e. The maximum atomic E-state index is 11.8. The molecular weight excluding hydrogens is 216 g/mol. The van der Waals surface area contributed by atoms with E-state index in [0.717, 1.165) is 6.54 Å². The Balaban J connectivity index is 1.71. The van der Waals surface area contributed by atoms with Gasteiger partial charge < -0.3 is 15.0 Å². The highest BCUT2D eigenvalue weighted by Crippen LogP contribution is 2.48. The van der Waals surface area contributed by atoms with Gasteiger partial charge in [0.25, 0.3) is 0 Å². The van der Waals surface area contributed by atoms with Gasteiger partial charge in [-0.2, -0.15) is 0 Å². The van der Waals surface area contributed by atoms with Gasteiger partial charge in [-0.05, 0) is 44.9 Å². The van der Waals surface area contributed by atoms with Crippen molar-refractivity contribution in [1.82, 2.24) is 10.2 Å². The second-order valence-electron chi connectivity index (χ2n) is 6.74. The molecule has 1 spiro atoms. The summed E-state index contributed by atoms with van der Waals surface area (Å²) in [6.07, 6.45) is 2.31. The Kier molecular flexibility index (Phi) is 3.10. The summed E-state index contributed by atoms with van der Waals surface area (Å²) in [6.45, 7) is 8.86. The van der Waals surface area contributed by atoms with Crippen molar-refractivity contribution in [3.05, 3.63) is 0 Å². The molecule has 1 aliphatic carbocycles. The van der Waals surface area contributed by atoms with E-state index in [1.807, 2.05) is 27.8 Å². The molecule has 1 amide bonds. The summed E-state index contributed by atoms with van der Waals surface area (Å²) >= 11 is 0. The van der Waals surface area contributed by atoms with E-state index in [0.29, 0.717) is 11.3 Å². The quantitative estimate of drug-likeness (QED) is 0.801. The average molecular weight is 240 g/mol. The van der Waals surface area contributed by atoms with E-state index in [4.69, 9.17) is 4.74 Å². The number of ether oxygens (including phenoxy) is 1. The monoisotopic (exact) mass is 240 g/mol. The van der Waals surface area contributed by atoms with Gasteiger partial charge in [-0.1, -0.05) is 0 Å². The van der Waals surface area contributed by atoms with Crippen molar-refractivity contribution in [3.63, 3.8) is 0 Å². The molecule has 2 fully saturated rings. The minimum atomic E-state index is -0.399. The Labute approximate surface area is 104 Å². The third-order valence-corrected chi connectivity index (χ3v) is 3.68. The summed E-state index contributed by atoms with van der Waals surface area (Å²) in [5.74, 6) is 0.662. The number of rotatable bonds is 2. The number of hydrogen-bond donors (Lipinski definition) is 1. The fourth-order valence-electron chi connectivity index (χ4n) is 2.86. The van der Waals surface area contributed by atoms with Gasteiger partial charge in [0, 0.05) is 26.7 Å². The molecule has 2 aliphatic rings. The van der Waals surface area contributed by atoms with Crippen LogP contribution < -0.4 is 5.32 Å². The molecule has 98 valence electrons. The Bertz CT molecular complexity index is 297. The van der Waals surface area contributed by atoms with Crippen molar-refractivity contribution in [2.75, 3.05) is 26.7 Å². The molecule has 0 aromatic rings. The number of amides is 1. The van der Waals surface area contributed by atoms with Crippen molar-refractivity contribution in [2.24, 2.45) is 11.3 Å². The lowest BCUT2D eigenvalue weighted by atomic mass is 9.58. The van der Waals surface area contributed by atoms with Crippen LogP contribution in [0.2, 0.25) is 0 Å². The van der Waals surface area contributed by atoms with Crippen molar-refractivity contribution in [1.29, 1.82) is 0 Å². The van der Waals surface area contributed by atoms with E-state index < -0.39 is 5.60 Å². The van der Waals surface area contributed by atoms with Gasteiger partial charge in [0.15, 0.2) is 0 Å². The normalized spacial score (nSPS) is 22.8. The zero-order valence-corrected chi connectivity index (χ0v) is 11.4. The predicted octanol–water partition coefficient (Wildman–Crippen LogP) is 1.85. The maximum absolute atomic E-state index is 11.8. The van der Waals surface area contributed by atoms with Gasteiger partial charge in [-0.15, -0.1) is 0 Å². The van der Waals surface area contributed by atoms with E-state index in [2.05, 4.69) is 5.32 Å². The van der Waals surface area contributed by atoms with Gasteiger partial charge in [-0.25, -0.2) is 4.79 Å². The third-order valence-electron chi connectivity index (χ3n) is 3.68. The van der Waals surface area contributed by atoms with Crippen LogP contribution in [-0.4, -0.2) is 43.3 Å². The molecule has 1 saturated carbocycles. The van der Waals surface area contributed by atoms with Crippen LogP contribution in [0.25, 0.3) is 0 Å². The number of carbonyl (C=O) groups excluding carboxylic acids is 1. The van der Waals surface area contributed by atoms with Crippen LogP contribution in [-0.2, 0) is 4.74 Å². The Morgan fingerprint density at radius 2 is 2.00 bits per heavy atom. The summed E-state index contributed by atoms with van der Waals surface area (Å²) in [6, 6.07) is 0. The molecule has 17 heavy (non-hydrogen) atoms.